The second kappa shape index (κ2) is 5.28. The third kappa shape index (κ3) is 2.33. The van der Waals surface area contributed by atoms with Gasteiger partial charge in [-0.3, -0.25) is 4.40 Å². The largest absolute Gasteiger partial charge is 0.461 e. The first kappa shape index (κ1) is 13.2. The molecule has 0 saturated heterocycles. The molecule has 0 bridgehead atoms. The summed E-state index contributed by atoms with van der Waals surface area (Å²) in [6, 6.07) is 13.6. The maximum Gasteiger partial charge on any atom is 0.358 e. The van der Waals surface area contributed by atoms with Crippen molar-refractivity contribution in [3.8, 4) is 11.1 Å². The van der Waals surface area contributed by atoms with Crippen LogP contribution in [0.4, 0.5) is 5.82 Å². The number of nitrogen functional groups attached to an aromatic ring is 1. The van der Waals surface area contributed by atoms with Crippen molar-refractivity contribution >= 4 is 17.4 Å². The van der Waals surface area contributed by atoms with Crippen LogP contribution in [0.5, 0.6) is 0 Å². The number of carbonyl (C=O) groups is 1. The van der Waals surface area contributed by atoms with Crippen molar-refractivity contribution in [1.29, 1.82) is 0 Å². The number of anilines is 1. The zero-order valence-electron chi connectivity index (χ0n) is 11.6. The maximum absolute atomic E-state index is 11.7. The van der Waals surface area contributed by atoms with Crippen LogP contribution >= 0.6 is 0 Å². The monoisotopic (exact) mass is 281 g/mol. The Kier molecular flexibility index (Phi) is 3.31. The summed E-state index contributed by atoms with van der Waals surface area (Å²) in [6.45, 7) is 2.08. The van der Waals surface area contributed by atoms with Gasteiger partial charge in [0.25, 0.3) is 0 Å². The van der Waals surface area contributed by atoms with E-state index < -0.39 is 5.97 Å². The SMILES string of the molecule is CCOC(=O)c1cn2c(N)c(-c3ccccc3)ccc2n1. The van der Waals surface area contributed by atoms with Crippen LogP contribution in [-0.4, -0.2) is 22.0 Å². The van der Waals surface area contributed by atoms with Crippen molar-refractivity contribution in [3.05, 3.63) is 54.4 Å². The van der Waals surface area contributed by atoms with Crippen molar-refractivity contribution in [3.63, 3.8) is 0 Å². The molecule has 106 valence electrons. The number of imidazole rings is 1. The maximum atomic E-state index is 11.7. The average molecular weight is 281 g/mol. The molecule has 21 heavy (non-hydrogen) atoms. The number of esters is 1. The highest BCUT2D eigenvalue weighted by Crippen LogP contribution is 2.26. The number of aromatic nitrogens is 2. The Bertz CT molecular complexity index is 794. The van der Waals surface area contributed by atoms with Crippen LogP contribution in [0.1, 0.15) is 17.4 Å². The molecule has 0 radical (unpaired) electrons. The molecule has 0 aliphatic rings. The second-order valence-electron chi connectivity index (χ2n) is 4.57. The zero-order valence-corrected chi connectivity index (χ0v) is 11.6. The number of rotatable bonds is 3. The number of carbonyl (C=O) groups excluding carboxylic acids is 1. The Labute approximate surface area is 122 Å². The molecule has 5 nitrogen and oxygen atoms in total. The minimum absolute atomic E-state index is 0.258. The summed E-state index contributed by atoms with van der Waals surface area (Å²) >= 11 is 0. The number of hydrogen-bond acceptors (Lipinski definition) is 4. The van der Waals surface area contributed by atoms with Gasteiger partial charge < -0.3 is 10.5 Å². The molecule has 0 spiro atoms. The predicted molar refractivity (Wildman–Crippen MR) is 81.0 cm³/mol. The summed E-state index contributed by atoms with van der Waals surface area (Å²) in [5.74, 6) is 0.101. The van der Waals surface area contributed by atoms with E-state index in [2.05, 4.69) is 4.98 Å². The Morgan fingerprint density at radius 1 is 1.24 bits per heavy atom. The molecule has 2 heterocycles. The van der Waals surface area contributed by atoms with E-state index in [1.54, 1.807) is 17.5 Å². The Morgan fingerprint density at radius 3 is 2.71 bits per heavy atom. The topological polar surface area (TPSA) is 69.6 Å². The molecule has 2 aromatic heterocycles. The third-order valence-corrected chi connectivity index (χ3v) is 3.24. The summed E-state index contributed by atoms with van der Waals surface area (Å²) in [5, 5.41) is 0. The smallest absolute Gasteiger partial charge is 0.358 e. The molecule has 3 aromatic rings. The standard InChI is InChI=1S/C16H15N3O2/c1-2-21-16(20)13-10-19-14(18-13)9-8-12(15(19)17)11-6-4-3-5-7-11/h3-10H,2,17H2,1H3. The van der Waals surface area contributed by atoms with E-state index in [-0.39, 0.29) is 5.69 Å². The van der Waals surface area contributed by atoms with Gasteiger partial charge in [0.1, 0.15) is 11.5 Å². The number of pyridine rings is 1. The molecule has 0 aliphatic carbocycles. The normalized spacial score (nSPS) is 10.7. The minimum atomic E-state index is -0.443. The summed E-state index contributed by atoms with van der Waals surface area (Å²) in [6.07, 6.45) is 1.61. The van der Waals surface area contributed by atoms with Crippen molar-refractivity contribution in [1.82, 2.24) is 9.38 Å². The van der Waals surface area contributed by atoms with E-state index in [0.717, 1.165) is 11.1 Å². The lowest BCUT2D eigenvalue weighted by Gasteiger charge is -2.07. The molecular weight excluding hydrogens is 266 g/mol. The van der Waals surface area contributed by atoms with Crippen molar-refractivity contribution < 1.29 is 9.53 Å². The van der Waals surface area contributed by atoms with Gasteiger partial charge in [-0.05, 0) is 24.6 Å². The highest BCUT2D eigenvalue weighted by Gasteiger charge is 2.14. The molecular formula is C16H15N3O2. The first-order chi connectivity index (χ1) is 10.2. The predicted octanol–water partition coefficient (Wildman–Crippen LogP) is 2.76. The van der Waals surface area contributed by atoms with Crippen molar-refractivity contribution in [2.75, 3.05) is 12.3 Å². The number of nitrogens with zero attached hydrogens (tertiary/aromatic N) is 2. The van der Waals surface area contributed by atoms with Crippen LogP contribution in [0.3, 0.4) is 0 Å². The lowest BCUT2D eigenvalue weighted by Crippen LogP contribution is -2.04. The third-order valence-electron chi connectivity index (χ3n) is 3.24. The Hall–Kier alpha value is -2.82. The van der Waals surface area contributed by atoms with Crippen LogP contribution in [0.15, 0.2) is 48.7 Å². The van der Waals surface area contributed by atoms with Crippen LogP contribution < -0.4 is 5.73 Å². The summed E-state index contributed by atoms with van der Waals surface area (Å²) < 4.78 is 6.66. The van der Waals surface area contributed by atoms with Gasteiger partial charge in [0.2, 0.25) is 0 Å². The first-order valence-corrected chi connectivity index (χ1v) is 6.71. The average Bonchev–Trinajstić information content (AvgIpc) is 2.94. The minimum Gasteiger partial charge on any atom is -0.461 e. The summed E-state index contributed by atoms with van der Waals surface area (Å²) in [5.41, 5.74) is 9.00. The number of nitrogens with two attached hydrogens (primary N) is 1. The fourth-order valence-corrected chi connectivity index (χ4v) is 2.24. The molecule has 3 rings (SSSR count). The molecule has 2 N–H and O–H groups in total. The van der Waals surface area contributed by atoms with Gasteiger partial charge in [0.15, 0.2) is 5.69 Å². The van der Waals surface area contributed by atoms with Crippen LogP contribution in [0.25, 0.3) is 16.8 Å². The molecule has 1 aromatic carbocycles. The van der Waals surface area contributed by atoms with E-state index in [4.69, 9.17) is 10.5 Å². The Morgan fingerprint density at radius 2 is 2.00 bits per heavy atom. The highest BCUT2D eigenvalue weighted by atomic mass is 16.5. The van der Waals surface area contributed by atoms with E-state index in [9.17, 15) is 4.79 Å². The Balaban J connectivity index is 2.11. The van der Waals surface area contributed by atoms with E-state index >= 15 is 0 Å². The van der Waals surface area contributed by atoms with Gasteiger partial charge in [-0.25, -0.2) is 9.78 Å². The van der Waals surface area contributed by atoms with Crippen LogP contribution in [-0.2, 0) is 4.74 Å². The van der Waals surface area contributed by atoms with Gasteiger partial charge in [0.05, 0.1) is 6.61 Å². The van der Waals surface area contributed by atoms with Crippen LogP contribution in [0, 0.1) is 0 Å². The molecule has 0 amide bonds. The van der Waals surface area contributed by atoms with E-state index in [0.29, 0.717) is 18.1 Å². The number of fused-ring (bicyclic) bond motifs is 1. The molecule has 0 fully saturated rings. The molecule has 0 unspecified atom stereocenters. The summed E-state index contributed by atoms with van der Waals surface area (Å²) in [4.78, 5) is 16.0. The molecule has 5 heteroatoms. The van der Waals surface area contributed by atoms with Crippen molar-refractivity contribution in [2.45, 2.75) is 6.92 Å². The van der Waals surface area contributed by atoms with Gasteiger partial charge in [-0.2, -0.15) is 0 Å². The van der Waals surface area contributed by atoms with E-state index in [1.807, 2.05) is 42.5 Å². The van der Waals surface area contributed by atoms with Crippen LogP contribution in [0.2, 0.25) is 0 Å². The molecule has 0 saturated carbocycles. The zero-order chi connectivity index (χ0) is 14.8. The molecule has 0 aliphatic heterocycles. The summed E-state index contributed by atoms with van der Waals surface area (Å²) in [7, 11) is 0. The van der Waals surface area contributed by atoms with Crippen molar-refractivity contribution in [2.24, 2.45) is 0 Å². The second-order valence-corrected chi connectivity index (χ2v) is 4.57. The molecule has 0 atom stereocenters. The van der Waals surface area contributed by atoms with E-state index in [1.165, 1.54) is 0 Å². The number of hydrogen-bond donors (Lipinski definition) is 1. The number of ether oxygens (including phenoxy) is 1. The van der Waals surface area contributed by atoms with Gasteiger partial charge in [-0.1, -0.05) is 30.3 Å². The number of benzene rings is 1. The van der Waals surface area contributed by atoms with Gasteiger partial charge in [0, 0.05) is 11.8 Å². The lowest BCUT2D eigenvalue weighted by atomic mass is 10.1. The highest BCUT2D eigenvalue weighted by molar-refractivity contribution is 5.88. The fraction of sp³-hybridized carbons (Fsp3) is 0.125. The lowest BCUT2D eigenvalue weighted by molar-refractivity contribution is 0.0520. The first-order valence-electron chi connectivity index (χ1n) is 6.71. The van der Waals surface area contributed by atoms with Gasteiger partial charge >= 0.3 is 5.97 Å². The fourth-order valence-electron chi connectivity index (χ4n) is 2.24. The quantitative estimate of drug-likeness (QED) is 0.749. The van der Waals surface area contributed by atoms with Gasteiger partial charge in [-0.15, -0.1) is 0 Å².